The van der Waals surface area contributed by atoms with Gasteiger partial charge in [-0.15, -0.1) is 0 Å². The van der Waals surface area contributed by atoms with Gasteiger partial charge in [-0.3, -0.25) is 4.79 Å². The molecule has 0 spiro atoms. The van der Waals surface area contributed by atoms with Gasteiger partial charge in [-0.2, -0.15) is 0 Å². The number of nitrogens with zero attached hydrogens (tertiary/aromatic N) is 3. The van der Waals surface area contributed by atoms with Crippen LogP contribution in [0, 0.1) is 0 Å². The molecule has 1 atom stereocenters. The number of carbonyl (C=O) groups excluding carboxylic acids is 1. The number of pyridine rings is 1. The largest absolute Gasteiger partial charge is 0.378 e. The van der Waals surface area contributed by atoms with Gasteiger partial charge in [-0.25, -0.2) is 4.98 Å². The van der Waals surface area contributed by atoms with Crippen molar-refractivity contribution in [3.63, 3.8) is 0 Å². The van der Waals surface area contributed by atoms with E-state index in [4.69, 9.17) is 9.72 Å². The van der Waals surface area contributed by atoms with Gasteiger partial charge in [0.1, 0.15) is 12.0 Å². The molecule has 0 radical (unpaired) electrons. The number of amides is 1. The third-order valence-electron chi connectivity index (χ3n) is 6.24. The molecule has 1 aliphatic carbocycles. The van der Waals surface area contributed by atoms with E-state index < -0.39 is 0 Å². The molecule has 2 aliphatic heterocycles. The fraction of sp³-hybridized carbons (Fsp3) is 0.333. The lowest BCUT2D eigenvalue weighted by molar-refractivity contribution is 0.0666. The molecular formula is C24H24N4O2. The molecule has 0 bridgehead atoms. The minimum absolute atomic E-state index is 0.109. The predicted molar refractivity (Wildman–Crippen MR) is 117 cm³/mol. The number of rotatable bonds is 3. The summed E-state index contributed by atoms with van der Waals surface area (Å²) < 4.78 is 5.58. The summed E-state index contributed by atoms with van der Waals surface area (Å²) in [6, 6.07) is 18.5. The Morgan fingerprint density at radius 2 is 1.77 bits per heavy atom. The summed E-state index contributed by atoms with van der Waals surface area (Å²) >= 11 is 0. The highest BCUT2D eigenvalue weighted by Crippen LogP contribution is 2.43. The Labute approximate surface area is 175 Å². The first-order chi connectivity index (χ1) is 14.8. The number of anilines is 2. The summed E-state index contributed by atoms with van der Waals surface area (Å²) in [6.45, 7) is 3.00. The van der Waals surface area contributed by atoms with E-state index in [9.17, 15) is 4.79 Å². The Bertz CT molecular complexity index is 1120. The molecule has 3 heterocycles. The maximum Gasteiger partial charge on any atom is 0.258 e. The molecule has 6 heteroatoms. The van der Waals surface area contributed by atoms with Crippen LogP contribution in [0.3, 0.4) is 0 Å². The van der Waals surface area contributed by atoms with Gasteiger partial charge < -0.3 is 19.9 Å². The first kappa shape index (κ1) is 17.7. The van der Waals surface area contributed by atoms with E-state index in [1.165, 1.54) is 0 Å². The number of hydrogen-bond donors (Lipinski definition) is 1. The van der Waals surface area contributed by atoms with Crippen LogP contribution in [0.25, 0.3) is 10.9 Å². The number of morpholine rings is 1. The van der Waals surface area contributed by atoms with Crippen molar-refractivity contribution in [2.45, 2.75) is 25.0 Å². The molecule has 1 saturated carbocycles. The molecular weight excluding hydrogens is 376 g/mol. The van der Waals surface area contributed by atoms with E-state index >= 15 is 0 Å². The van der Waals surface area contributed by atoms with Crippen molar-refractivity contribution in [1.82, 2.24) is 9.88 Å². The van der Waals surface area contributed by atoms with Gasteiger partial charge in [0.15, 0.2) is 0 Å². The van der Waals surface area contributed by atoms with Gasteiger partial charge in [0.25, 0.3) is 5.91 Å². The average molecular weight is 400 g/mol. The second-order valence-electron chi connectivity index (χ2n) is 8.23. The summed E-state index contributed by atoms with van der Waals surface area (Å²) in [7, 11) is 0. The molecule has 1 aromatic heterocycles. The van der Waals surface area contributed by atoms with Crippen LogP contribution in [0.5, 0.6) is 0 Å². The summed E-state index contributed by atoms with van der Waals surface area (Å²) in [5.74, 6) is 1.06. The first-order valence-electron chi connectivity index (χ1n) is 10.7. The molecule has 3 aromatic rings. The molecule has 1 N–H and O–H groups in total. The van der Waals surface area contributed by atoms with Gasteiger partial charge >= 0.3 is 0 Å². The Kier molecular flexibility index (Phi) is 4.13. The average Bonchev–Trinajstić information content (AvgIpc) is 3.64. The molecule has 1 amide bonds. The topological polar surface area (TPSA) is 57.7 Å². The highest BCUT2D eigenvalue weighted by atomic mass is 16.5. The van der Waals surface area contributed by atoms with Crippen LogP contribution in [0.1, 0.15) is 34.9 Å². The van der Waals surface area contributed by atoms with Crippen molar-refractivity contribution in [3.8, 4) is 0 Å². The Morgan fingerprint density at radius 1 is 1.00 bits per heavy atom. The predicted octanol–water partition coefficient (Wildman–Crippen LogP) is 3.80. The number of fused-ring (bicyclic) bond motifs is 2. The van der Waals surface area contributed by atoms with Crippen molar-refractivity contribution >= 4 is 28.3 Å². The fourth-order valence-corrected chi connectivity index (χ4v) is 4.58. The summed E-state index contributed by atoms with van der Waals surface area (Å²) in [5, 5.41) is 4.76. The van der Waals surface area contributed by atoms with Gasteiger partial charge in [0, 0.05) is 35.8 Å². The SMILES string of the molecule is O=C1c2ccccc2N[C@@H](c2cc3ccccc3nc2N2CCOCC2)N1C1CC1. The first-order valence-corrected chi connectivity index (χ1v) is 10.7. The minimum Gasteiger partial charge on any atom is -0.378 e. The Hall–Kier alpha value is -3.12. The lowest BCUT2D eigenvalue weighted by atomic mass is 10.0. The lowest BCUT2D eigenvalue weighted by Gasteiger charge is -2.40. The van der Waals surface area contributed by atoms with Crippen molar-refractivity contribution in [2.75, 3.05) is 36.5 Å². The molecule has 30 heavy (non-hydrogen) atoms. The Morgan fingerprint density at radius 3 is 2.60 bits per heavy atom. The lowest BCUT2D eigenvalue weighted by Crippen LogP contribution is -2.45. The molecule has 6 rings (SSSR count). The molecule has 6 nitrogen and oxygen atoms in total. The zero-order valence-electron chi connectivity index (χ0n) is 16.8. The van der Waals surface area contributed by atoms with Crippen LogP contribution in [-0.4, -0.2) is 48.1 Å². The second kappa shape index (κ2) is 6.99. The summed E-state index contributed by atoms with van der Waals surface area (Å²) in [6.07, 6.45) is 1.88. The Balaban J connectivity index is 1.52. The van der Waals surface area contributed by atoms with Crippen LogP contribution in [-0.2, 0) is 4.74 Å². The normalized spacial score (nSPS) is 21.5. The van der Waals surface area contributed by atoms with Crippen molar-refractivity contribution < 1.29 is 9.53 Å². The molecule has 152 valence electrons. The number of hydrogen-bond acceptors (Lipinski definition) is 5. The monoisotopic (exact) mass is 400 g/mol. The summed E-state index contributed by atoms with van der Waals surface area (Å²) in [4.78, 5) is 22.9. The van der Waals surface area contributed by atoms with Gasteiger partial charge in [-0.05, 0) is 37.1 Å². The van der Waals surface area contributed by atoms with Crippen LogP contribution < -0.4 is 10.2 Å². The molecule has 2 aromatic carbocycles. The molecule has 2 fully saturated rings. The number of benzene rings is 2. The fourth-order valence-electron chi connectivity index (χ4n) is 4.58. The van der Waals surface area contributed by atoms with Crippen molar-refractivity contribution in [2.24, 2.45) is 0 Å². The van der Waals surface area contributed by atoms with Crippen molar-refractivity contribution in [1.29, 1.82) is 0 Å². The van der Waals surface area contributed by atoms with E-state index in [1.807, 2.05) is 41.3 Å². The highest BCUT2D eigenvalue weighted by Gasteiger charge is 2.43. The third-order valence-corrected chi connectivity index (χ3v) is 6.24. The minimum atomic E-state index is -0.227. The molecule has 0 unspecified atom stereocenters. The van der Waals surface area contributed by atoms with Gasteiger partial charge in [0.2, 0.25) is 0 Å². The molecule has 3 aliphatic rings. The standard InChI is InChI=1S/C24H24N4O2/c29-24-18-6-2-4-8-21(18)26-23(28(24)17-9-10-17)19-15-16-5-1-3-7-20(16)25-22(19)27-11-13-30-14-12-27/h1-8,15,17,23,26H,9-14H2/t23-/m1/s1. The van der Waals surface area contributed by atoms with E-state index in [1.54, 1.807) is 0 Å². The number of para-hydroxylation sites is 2. The number of nitrogens with one attached hydrogen (secondary N) is 1. The van der Waals surface area contributed by atoms with E-state index in [2.05, 4.69) is 28.4 Å². The third kappa shape index (κ3) is 2.91. The van der Waals surface area contributed by atoms with Gasteiger partial charge in [0.05, 0.1) is 24.3 Å². The zero-order chi connectivity index (χ0) is 20.1. The quantitative estimate of drug-likeness (QED) is 0.725. The van der Waals surface area contributed by atoms with Crippen LogP contribution in [0.15, 0.2) is 54.6 Å². The molecule has 1 saturated heterocycles. The van der Waals surface area contributed by atoms with E-state index in [0.717, 1.165) is 59.5 Å². The number of carbonyl (C=O) groups is 1. The number of aromatic nitrogens is 1. The van der Waals surface area contributed by atoms with Gasteiger partial charge in [-0.1, -0.05) is 30.3 Å². The maximum atomic E-state index is 13.5. The van der Waals surface area contributed by atoms with Crippen LogP contribution in [0.2, 0.25) is 0 Å². The number of ether oxygens (including phenoxy) is 1. The van der Waals surface area contributed by atoms with Crippen LogP contribution in [0.4, 0.5) is 11.5 Å². The maximum absolute atomic E-state index is 13.5. The second-order valence-corrected chi connectivity index (χ2v) is 8.23. The highest BCUT2D eigenvalue weighted by molar-refractivity contribution is 6.02. The summed E-state index contributed by atoms with van der Waals surface area (Å²) in [5.41, 5.74) is 3.68. The van der Waals surface area contributed by atoms with E-state index in [0.29, 0.717) is 13.2 Å². The zero-order valence-corrected chi connectivity index (χ0v) is 16.8. The van der Waals surface area contributed by atoms with Crippen molar-refractivity contribution in [3.05, 3.63) is 65.7 Å². The smallest absolute Gasteiger partial charge is 0.258 e. The van der Waals surface area contributed by atoms with E-state index in [-0.39, 0.29) is 18.1 Å². The van der Waals surface area contributed by atoms with Crippen LogP contribution >= 0.6 is 0 Å².